The number of rotatable bonds is 1. The summed E-state index contributed by atoms with van der Waals surface area (Å²) in [6.45, 7) is -0.949. The Hall–Kier alpha value is 1.23. The van der Waals surface area contributed by atoms with Crippen molar-refractivity contribution in [2.45, 2.75) is 33.1 Å². The molecule has 0 heterocycles. The summed E-state index contributed by atoms with van der Waals surface area (Å²) in [6, 6.07) is 0. The minimum absolute atomic E-state index is 0. The van der Waals surface area contributed by atoms with Crippen molar-refractivity contribution in [3.63, 3.8) is 0 Å². The van der Waals surface area contributed by atoms with Crippen LogP contribution in [0.2, 0.25) is 0 Å². The number of hydrogen-bond acceptors (Lipinski definition) is 0. The van der Waals surface area contributed by atoms with Crippen molar-refractivity contribution in [3.05, 3.63) is 11.5 Å². The topological polar surface area (TPSA) is 0 Å². The van der Waals surface area contributed by atoms with Gasteiger partial charge in [0.2, 0.25) is 0 Å². The van der Waals surface area contributed by atoms with E-state index in [1.165, 1.54) is 6.08 Å². The van der Waals surface area contributed by atoms with Crippen LogP contribution in [0.1, 0.15) is 33.1 Å². The van der Waals surface area contributed by atoms with Gasteiger partial charge in [0.1, 0.15) is 0 Å². The third-order valence-corrected chi connectivity index (χ3v) is 2.33. The second-order valence-electron chi connectivity index (χ2n) is 4.23. The number of allylic oxidation sites excluding steroid dienone is 2. The van der Waals surface area contributed by atoms with E-state index in [-0.39, 0.29) is 68.7 Å². The van der Waals surface area contributed by atoms with E-state index in [1.54, 1.807) is 0 Å². The monoisotopic (exact) mass is 216 g/mol. The average molecular weight is 216 g/mol. The molecule has 0 nitrogen and oxygen atoms in total. The molecule has 0 N–H and O–H groups in total. The second-order valence-corrected chi connectivity index (χ2v) is 4.23. The Morgan fingerprint density at radius 2 is 1.85 bits per heavy atom. The minimum atomic E-state index is -4.73. The van der Waals surface area contributed by atoms with Crippen LogP contribution in [0.15, 0.2) is 11.5 Å². The van der Waals surface area contributed by atoms with Crippen LogP contribution in [0.4, 0.5) is 12.9 Å². The van der Waals surface area contributed by atoms with Crippen molar-refractivity contribution in [3.8, 4) is 0 Å². The van der Waals surface area contributed by atoms with Gasteiger partial charge in [0, 0.05) is 0 Å². The Kier molecular flexibility index (Phi) is 5.29. The predicted octanol–water partition coefficient (Wildman–Crippen LogP) is 0.513. The average Bonchev–Trinajstić information content (AvgIpc) is 1.83. The molecule has 0 radical (unpaired) electrons. The molecule has 1 rings (SSSR count). The number of hydrogen-bond donors (Lipinski definition) is 0. The maximum atomic E-state index is 12.3. The summed E-state index contributed by atoms with van der Waals surface area (Å²) in [7, 11) is 0. The first kappa shape index (κ1) is 14.2. The molecule has 70 valence electrons. The first-order valence-electron chi connectivity index (χ1n) is 4.20. The zero-order valence-corrected chi connectivity index (χ0v) is 11.5. The van der Waals surface area contributed by atoms with Gasteiger partial charge < -0.3 is 12.9 Å². The molecule has 0 aromatic rings. The maximum Gasteiger partial charge on any atom is 1.00 e. The largest absolute Gasteiger partial charge is 1.00 e. The first-order valence-corrected chi connectivity index (χ1v) is 4.20. The molecule has 0 aromatic carbocycles. The summed E-state index contributed by atoms with van der Waals surface area (Å²) in [5.74, 6) is 0. The summed E-state index contributed by atoms with van der Waals surface area (Å²) >= 11 is 0. The fourth-order valence-electron chi connectivity index (χ4n) is 1.61. The van der Waals surface area contributed by atoms with E-state index >= 15 is 0 Å². The fraction of sp³-hybridized carbons (Fsp3) is 0.750. The molecule has 0 spiro atoms. The van der Waals surface area contributed by atoms with Gasteiger partial charge in [-0.2, -0.15) is 0 Å². The molecule has 0 aliphatic heterocycles. The van der Waals surface area contributed by atoms with Crippen molar-refractivity contribution in [1.29, 1.82) is 0 Å². The van der Waals surface area contributed by atoms with Crippen LogP contribution in [0.3, 0.4) is 0 Å². The molecule has 1 aliphatic carbocycles. The predicted molar refractivity (Wildman–Crippen MR) is 44.8 cm³/mol. The van der Waals surface area contributed by atoms with E-state index in [4.69, 9.17) is 0 Å². The Morgan fingerprint density at radius 3 is 2.15 bits per heavy atom. The van der Waals surface area contributed by atoms with Crippen LogP contribution in [0.5, 0.6) is 0 Å². The van der Waals surface area contributed by atoms with Gasteiger partial charge in [0.25, 0.3) is 0 Å². The van der Waals surface area contributed by atoms with Crippen molar-refractivity contribution in [1.82, 2.24) is 0 Å². The van der Waals surface area contributed by atoms with Gasteiger partial charge in [-0.1, -0.05) is 20.3 Å². The molecule has 13 heavy (non-hydrogen) atoms. The van der Waals surface area contributed by atoms with Crippen LogP contribution < -0.4 is 51.4 Å². The Bertz CT molecular complexity index is 208. The molecule has 1 aliphatic rings. The van der Waals surface area contributed by atoms with Gasteiger partial charge in [-0.15, -0.1) is 11.5 Å². The molecule has 5 heteroatoms. The van der Waals surface area contributed by atoms with Gasteiger partial charge in [-0.3, -0.25) is 0 Å². The van der Waals surface area contributed by atoms with Gasteiger partial charge in [0.05, 0.1) is 0 Å². The molecule has 0 atom stereocenters. The summed E-state index contributed by atoms with van der Waals surface area (Å²) in [6.07, 6.45) is 2.98. The van der Waals surface area contributed by atoms with Crippen LogP contribution in [-0.4, -0.2) is 6.98 Å². The quantitative estimate of drug-likeness (QED) is 0.560. The summed E-state index contributed by atoms with van der Waals surface area (Å²) in [5, 5.41) is 0. The summed E-state index contributed by atoms with van der Waals surface area (Å²) in [4.78, 5) is 0. The van der Waals surface area contributed by atoms with Crippen molar-refractivity contribution in [2.75, 3.05) is 0 Å². The molecule has 0 saturated carbocycles. The van der Waals surface area contributed by atoms with Crippen molar-refractivity contribution >= 4 is 6.98 Å². The molecule has 0 unspecified atom stereocenters. The molecule has 0 fully saturated rings. The van der Waals surface area contributed by atoms with Crippen molar-refractivity contribution in [2.24, 2.45) is 5.41 Å². The molecule has 0 aromatic heterocycles. The third kappa shape index (κ3) is 4.51. The van der Waals surface area contributed by atoms with Gasteiger partial charge in [-0.05, 0) is 18.3 Å². The Labute approximate surface area is 120 Å². The minimum Gasteiger partial charge on any atom is -0.445 e. The van der Waals surface area contributed by atoms with Gasteiger partial charge in [0.15, 0.2) is 0 Å². The first-order chi connectivity index (χ1) is 5.31. The van der Waals surface area contributed by atoms with Crippen molar-refractivity contribution < 1.29 is 64.3 Å². The van der Waals surface area contributed by atoms with Crippen LogP contribution in [0.25, 0.3) is 0 Å². The Balaban J connectivity index is 0.00000144. The van der Waals surface area contributed by atoms with E-state index < -0.39 is 6.98 Å². The molecule has 0 bridgehead atoms. The molecular weight excluding hydrogens is 203 g/mol. The van der Waals surface area contributed by atoms with E-state index in [9.17, 15) is 12.9 Å². The zero-order valence-electron chi connectivity index (χ0n) is 8.41. The summed E-state index contributed by atoms with van der Waals surface area (Å²) < 4.78 is 36.8. The standard InChI is InChI=1S/C8H13BF3.K/c1-8(2)5-3-4-7(6-8)9(10,11)12;/h4H,3,5-6H2,1-2H3;/q-1;+1. The van der Waals surface area contributed by atoms with Gasteiger partial charge >= 0.3 is 58.4 Å². The van der Waals surface area contributed by atoms with E-state index in [0.717, 1.165) is 6.42 Å². The third-order valence-electron chi connectivity index (χ3n) is 2.33. The SMILES string of the molecule is CC1(C)CCC=C([B-](F)(F)F)C1.[K+]. The second kappa shape index (κ2) is 4.84. The number of halogens is 3. The van der Waals surface area contributed by atoms with Crippen LogP contribution in [-0.2, 0) is 0 Å². The van der Waals surface area contributed by atoms with Crippen LogP contribution >= 0.6 is 0 Å². The Morgan fingerprint density at radius 1 is 1.31 bits per heavy atom. The molecular formula is C8H13BF3K. The van der Waals surface area contributed by atoms with Gasteiger partial charge in [-0.25, -0.2) is 0 Å². The van der Waals surface area contributed by atoms with E-state index in [2.05, 4.69) is 0 Å². The fourth-order valence-corrected chi connectivity index (χ4v) is 1.61. The normalized spacial score (nSPS) is 21.8. The smallest absolute Gasteiger partial charge is 0.445 e. The summed E-state index contributed by atoms with van der Waals surface area (Å²) in [5.41, 5.74) is -0.451. The maximum absolute atomic E-state index is 12.3. The van der Waals surface area contributed by atoms with E-state index in [1.807, 2.05) is 13.8 Å². The zero-order chi connectivity index (χ0) is 9.41. The van der Waals surface area contributed by atoms with Crippen LogP contribution in [0, 0.1) is 5.41 Å². The molecule has 0 saturated heterocycles. The van der Waals surface area contributed by atoms with E-state index in [0.29, 0.717) is 6.42 Å². The molecule has 0 amide bonds.